The van der Waals surface area contributed by atoms with Crippen molar-refractivity contribution in [3.05, 3.63) is 47.0 Å². The molecule has 5 nitrogen and oxygen atoms in total. The zero-order chi connectivity index (χ0) is 16.4. The molecule has 1 aromatic carbocycles. The highest BCUT2D eigenvalue weighted by molar-refractivity contribution is 6.30. The van der Waals surface area contributed by atoms with Crippen molar-refractivity contribution in [2.24, 2.45) is 0 Å². The van der Waals surface area contributed by atoms with Gasteiger partial charge in [0, 0.05) is 25.0 Å². The van der Waals surface area contributed by atoms with Gasteiger partial charge >= 0.3 is 0 Å². The minimum absolute atomic E-state index is 0.0385. The van der Waals surface area contributed by atoms with Crippen LogP contribution in [0, 0.1) is 12.7 Å². The number of nitrogens with zero attached hydrogens (tertiary/aromatic N) is 3. The standard InChI is InChI=1S/C16H18ClFN4O/c1-11-9-20-21(10-11)7-5-19-15-4-6-22(16(15)23)12-2-3-13(17)14(18)8-12/h2-3,8-10,15,19H,4-7H2,1H3/t15-/m1/s1. The number of carbonyl (C=O) groups is 1. The van der Waals surface area contributed by atoms with E-state index in [1.165, 1.54) is 12.1 Å². The second-order valence-corrected chi connectivity index (χ2v) is 6.07. The van der Waals surface area contributed by atoms with Crippen LogP contribution in [0.1, 0.15) is 12.0 Å². The van der Waals surface area contributed by atoms with E-state index in [1.807, 2.05) is 17.8 Å². The first-order chi connectivity index (χ1) is 11.0. The molecule has 0 saturated carbocycles. The smallest absolute Gasteiger partial charge is 0.244 e. The highest BCUT2D eigenvalue weighted by Crippen LogP contribution is 2.25. The summed E-state index contributed by atoms with van der Waals surface area (Å²) in [4.78, 5) is 14.0. The topological polar surface area (TPSA) is 50.2 Å². The van der Waals surface area contributed by atoms with Crippen LogP contribution >= 0.6 is 11.6 Å². The van der Waals surface area contributed by atoms with Crippen molar-refractivity contribution < 1.29 is 9.18 Å². The van der Waals surface area contributed by atoms with E-state index in [0.717, 1.165) is 5.56 Å². The Balaban J connectivity index is 1.57. The minimum atomic E-state index is -0.512. The second-order valence-electron chi connectivity index (χ2n) is 5.66. The van der Waals surface area contributed by atoms with Crippen molar-refractivity contribution in [3.63, 3.8) is 0 Å². The summed E-state index contributed by atoms with van der Waals surface area (Å²) in [5.41, 5.74) is 1.65. The van der Waals surface area contributed by atoms with Gasteiger partial charge in [-0.2, -0.15) is 5.10 Å². The summed E-state index contributed by atoms with van der Waals surface area (Å²) < 4.78 is 15.4. The number of amides is 1. The molecular weight excluding hydrogens is 319 g/mol. The first-order valence-corrected chi connectivity index (χ1v) is 7.91. The van der Waals surface area contributed by atoms with Gasteiger partial charge in [-0.25, -0.2) is 4.39 Å². The van der Waals surface area contributed by atoms with Crippen molar-refractivity contribution in [2.45, 2.75) is 25.9 Å². The quantitative estimate of drug-likeness (QED) is 0.912. The maximum absolute atomic E-state index is 13.6. The Kier molecular flexibility index (Phi) is 4.63. The second kappa shape index (κ2) is 6.68. The van der Waals surface area contributed by atoms with Gasteiger partial charge in [-0.3, -0.25) is 9.48 Å². The van der Waals surface area contributed by atoms with Gasteiger partial charge in [0.15, 0.2) is 0 Å². The fourth-order valence-electron chi connectivity index (χ4n) is 2.72. The van der Waals surface area contributed by atoms with Gasteiger partial charge in [0.05, 0.1) is 23.8 Å². The molecular formula is C16H18ClFN4O. The molecule has 1 atom stereocenters. The van der Waals surface area contributed by atoms with Gasteiger partial charge in [-0.05, 0) is 37.1 Å². The van der Waals surface area contributed by atoms with Crippen LogP contribution in [-0.4, -0.2) is 34.8 Å². The minimum Gasteiger partial charge on any atom is -0.311 e. The highest BCUT2D eigenvalue weighted by atomic mass is 35.5. The van der Waals surface area contributed by atoms with Gasteiger partial charge < -0.3 is 10.2 Å². The molecule has 2 aromatic rings. The Morgan fingerprint density at radius 1 is 1.48 bits per heavy atom. The number of hydrogen-bond acceptors (Lipinski definition) is 3. The van der Waals surface area contributed by atoms with Crippen LogP contribution in [0.25, 0.3) is 0 Å². The van der Waals surface area contributed by atoms with Crippen LogP contribution < -0.4 is 10.2 Å². The van der Waals surface area contributed by atoms with E-state index in [-0.39, 0.29) is 17.0 Å². The number of carbonyl (C=O) groups excluding carboxylic acids is 1. The number of anilines is 1. The van der Waals surface area contributed by atoms with Crippen molar-refractivity contribution in [2.75, 3.05) is 18.0 Å². The number of aromatic nitrogens is 2. The molecule has 3 rings (SSSR count). The normalized spacial score (nSPS) is 18.0. The van der Waals surface area contributed by atoms with E-state index in [0.29, 0.717) is 31.7 Å². The molecule has 0 radical (unpaired) electrons. The predicted molar refractivity (Wildman–Crippen MR) is 87.1 cm³/mol. The molecule has 23 heavy (non-hydrogen) atoms. The molecule has 1 aromatic heterocycles. The molecule has 2 heterocycles. The lowest BCUT2D eigenvalue weighted by atomic mass is 10.2. The molecule has 122 valence electrons. The van der Waals surface area contributed by atoms with Gasteiger partial charge in [0.1, 0.15) is 5.82 Å². The maximum atomic E-state index is 13.6. The lowest BCUT2D eigenvalue weighted by molar-refractivity contribution is -0.118. The third-order valence-electron chi connectivity index (χ3n) is 3.91. The van der Waals surface area contributed by atoms with Gasteiger partial charge in [-0.15, -0.1) is 0 Å². The lowest BCUT2D eigenvalue weighted by Crippen LogP contribution is -2.39. The number of hydrogen-bond donors (Lipinski definition) is 1. The van der Waals surface area contributed by atoms with Crippen LogP contribution in [0.3, 0.4) is 0 Å². The largest absolute Gasteiger partial charge is 0.311 e. The number of rotatable bonds is 5. The third-order valence-corrected chi connectivity index (χ3v) is 4.22. The molecule has 0 spiro atoms. The fourth-order valence-corrected chi connectivity index (χ4v) is 2.84. The SMILES string of the molecule is Cc1cnn(CCN[C@@H]2CCN(c3ccc(Cl)c(F)c3)C2=O)c1. The molecule has 0 aliphatic carbocycles. The van der Waals surface area contributed by atoms with E-state index in [4.69, 9.17) is 11.6 Å². The molecule has 1 fully saturated rings. The summed E-state index contributed by atoms with van der Waals surface area (Å²) in [5, 5.41) is 7.51. The summed E-state index contributed by atoms with van der Waals surface area (Å²) in [6.45, 7) is 3.91. The fraction of sp³-hybridized carbons (Fsp3) is 0.375. The highest BCUT2D eigenvalue weighted by Gasteiger charge is 2.32. The molecule has 0 unspecified atom stereocenters. The lowest BCUT2D eigenvalue weighted by Gasteiger charge is -2.17. The van der Waals surface area contributed by atoms with E-state index in [1.54, 1.807) is 17.2 Å². The molecule has 0 bridgehead atoms. The number of nitrogens with one attached hydrogen (secondary N) is 1. The molecule has 7 heteroatoms. The summed E-state index contributed by atoms with van der Waals surface area (Å²) in [7, 11) is 0. The third kappa shape index (κ3) is 3.54. The zero-order valence-corrected chi connectivity index (χ0v) is 13.6. The Morgan fingerprint density at radius 3 is 3.00 bits per heavy atom. The molecule has 1 aliphatic heterocycles. The first-order valence-electron chi connectivity index (χ1n) is 7.53. The molecule has 1 aliphatic rings. The van der Waals surface area contributed by atoms with Crippen LogP contribution in [-0.2, 0) is 11.3 Å². The van der Waals surface area contributed by atoms with E-state index >= 15 is 0 Å². The van der Waals surface area contributed by atoms with Crippen LogP contribution in [0.15, 0.2) is 30.6 Å². The van der Waals surface area contributed by atoms with Crippen LogP contribution in [0.5, 0.6) is 0 Å². The summed E-state index contributed by atoms with van der Waals surface area (Å²) >= 11 is 5.68. The van der Waals surface area contributed by atoms with Gasteiger partial charge in [-0.1, -0.05) is 11.6 Å². The zero-order valence-electron chi connectivity index (χ0n) is 12.8. The van der Waals surface area contributed by atoms with Crippen LogP contribution in [0.2, 0.25) is 5.02 Å². The summed E-state index contributed by atoms with van der Waals surface area (Å²) in [6.07, 6.45) is 4.46. The van der Waals surface area contributed by atoms with Crippen molar-refractivity contribution >= 4 is 23.2 Å². The predicted octanol–water partition coefficient (Wildman–Crippen LogP) is 2.38. The van der Waals surface area contributed by atoms with Crippen LogP contribution in [0.4, 0.5) is 10.1 Å². The Bertz CT molecular complexity index is 718. The van der Waals surface area contributed by atoms with E-state index in [2.05, 4.69) is 10.4 Å². The molecule has 1 amide bonds. The Morgan fingerprint density at radius 2 is 2.30 bits per heavy atom. The van der Waals surface area contributed by atoms with Gasteiger partial charge in [0.25, 0.3) is 0 Å². The number of benzene rings is 1. The Labute approximate surface area is 139 Å². The van der Waals surface area contributed by atoms with Crippen molar-refractivity contribution in [1.82, 2.24) is 15.1 Å². The summed E-state index contributed by atoms with van der Waals surface area (Å²) in [5.74, 6) is -0.550. The molecule has 1 saturated heterocycles. The number of aryl methyl sites for hydroxylation is 1. The van der Waals surface area contributed by atoms with E-state index < -0.39 is 5.82 Å². The molecule has 1 N–H and O–H groups in total. The summed E-state index contributed by atoms with van der Waals surface area (Å²) in [6, 6.07) is 4.19. The van der Waals surface area contributed by atoms with E-state index in [9.17, 15) is 9.18 Å². The van der Waals surface area contributed by atoms with Crippen molar-refractivity contribution in [1.29, 1.82) is 0 Å². The monoisotopic (exact) mass is 336 g/mol. The average Bonchev–Trinajstić information content (AvgIpc) is 3.09. The van der Waals surface area contributed by atoms with Crippen molar-refractivity contribution in [3.8, 4) is 0 Å². The Hall–Kier alpha value is -1.92. The number of halogens is 2. The van der Waals surface area contributed by atoms with Gasteiger partial charge in [0.2, 0.25) is 5.91 Å². The average molecular weight is 337 g/mol. The first kappa shape index (κ1) is 16.0. The maximum Gasteiger partial charge on any atom is 0.244 e.